The molecule has 0 radical (unpaired) electrons. The number of ketones is 1. The first-order valence-electron chi connectivity index (χ1n) is 18.7. The molecule has 1 fully saturated rings. The number of phenolic OH excluding ortho intramolecular Hbond substituents is 15. The quantitative estimate of drug-likeness (QED) is 0.0503. The lowest BCUT2D eigenvalue weighted by molar-refractivity contribution is -0.232. The van der Waals surface area contributed by atoms with Crippen LogP contribution in [-0.4, -0.2) is 137 Å². The maximum Gasteiger partial charge on any atom is 0.339 e. The van der Waals surface area contributed by atoms with Crippen molar-refractivity contribution in [3.8, 4) is 97.4 Å². The number of aromatic hydroxyl groups is 15. The molecule has 0 bridgehead atoms. The summed E-state index contributed by atoms with van der Waals surface area (Å²) >= 11 is 0. The minimum Gasteiger partial charge on any atom is -0.507 e. The molecule has 1 saturated heterocycles. The van der Waals surface area contributed by atoms with Gasteiger partial charge in [-0.1, -0.05) is 0 Å². The van der Waals surface area contributed by atoms with Crippen molar-refractivity contribution in [2.75, 3.05) is 6.61 Å². The lowest BCUT2D eigenvalue weighted by Crippen LogP contribution is -2.59. The molecule has 2 heterocycles. The molecule has 2 aliphatic rings. The maximum absolute atomic E-state index is 14.5. The number of esters is 4. The monoisotopic (exact) mass is 936 g/mol. The summed E-state index contributed by atoms with van der Waals surface area (Å²) in [5.74, 6) is -26.1. The van der Waals surface area contributed by atoms with Crippen LogP contribution in [0, 0.1) is 0 Å². The van der Waals surface area contributed by atoms with E-state index in [1.165, 1.54) is 0 Å². The number of carbonyl (C=O) groups is 5. The molecule has 5 aromatic rings. The predicted molar refractivity (Wildman–Crippen MR) is 212 cm³/mol. The number of rotatable bonds is 6. The summed E-state index contributed by atoms with van der Waals surface area (Å²) in [5, 5.41) is 158. The van der Waals surface area contributed by atoms with Crippen LogP contribution in [0.15, 0.2) is 42.5 Å². The summed E-state index contributed by atoms with van der Waals surface area (Å²) in [6.07, 6.45) is -12.1. The van der Waals surface area contributed by atoms with Crippen molar-refractivity contribution >= 4 is 29.7 Å². The van der Waals surface area contributed by atoms with Crippen molar-refractivity contribution in [3.05, 3.63) is 75.8 Å². The van der Waals surface area contributed by atoms with Gasteiger partial charge < -0.3 is 100 Å². The number of carbonyl (C=O) groups excluding carboxylic acids is 5. The molecular formula is C42H32O25. The fourth-order valence-electron chi connectivity index (χ4n) is 7.34. The number of cyclic esters (lactones) is 1. The third-order valence-corrected chi connectivity index (χ3v) is 10.5. The second-order valence-electron chi connectivity index (χ2n) is 14.7. The highest BCUT2D eigenvalue weighted by Crippen LogP contribution is 2.54. The van der Waals surface area contributed by atoms with Gasteiger partial charge >= 0.3 is 23.9 Å². The van der Waals surface area contributed by atoms with Crippen molar-refractivity contribution in [2.24, 2.45) is 0 Å². The Hall–Kier alpha value is -9.39. The van der Waals surface area contributed by atoms with Gasteiger partial charge in [-0.25, -0.2) is 19.2 Å². The van der Waals surface area contributed by atoms with Crippen molar-refractivity contribution in [3.63, 3.8) is 0 Å². The minimum absolute atomic E-state index is 0.407. The van der Waals surface area contributed by atoms with Crippen LogP contribution in [-0.2, 0) is 23.7 Å². The Labute approximate surface area is 370 Å². The molecule has 5 unspecified atom stereocenters. The van der Waals surface area contributed by atoms with Gasteiger partial charge in [-0.15, -0.1) is 0 Å². The van der Waals surface area contributed by atoms with Gasteiger partial charge in [0.2, 0.25) is 11.5 Å². The molecule has 350 valence electrons. The second kappa shape index (κ2) is 16.6. The number of Topliss-reactive ketones (excluding diaryl/α,β-unsaturated/α-hetero) is 1. The van der Waals surface area contributed by atoms with Crippen LogP contribution in [0.1, 0.15) is 70.4 Å². The van der Waals surface area contributed by atoms with Gasteiger partial charge in [0.25, 0.3) is 0 Å². The highest BCUT2D eigenvalue weighted by Gasteiger charge is 2.55. The third kappa shape index (κ3) is 7.75. The van der Waals surface area contributed by atoms with E-state index in [4.69, 9.17) is 23.7 Å². The van der Waals surface area contributed by atoms with Crippen molar-refractivity contribution < 1.29 is 124 Å². The fourth-order valence-corrected chi connectivity index (χ4v) is 7.34. The Morgan fingerprint density at radius 2 is 0.940 bits per heavy atom. The molecular weight excluding hydrogens is 904 g/mol. The standard InChI is InChI=1S/C42H32O25/c1-10(43)24-15(44)8-16(45)27(32(24)56)36-38(67-40(60)12-4-19(48)29(53)20(49)5-12)37(66-39(59)11-2-17(46)28(52)18(47)3-11)35-23(64-36)9-63-41(61)13-6-21(50)30(54)33(57)25(13)26-14(42(62)65-35)7-22(51)31(55)34(26)58/h2-8,23,35-38,44-58H,9H2,1H3. The Bertz CT molecular complexity index is 2930. The number of hydrogen-bond acceptors (Lipinski definition) is 25. The van der Waals surface area contributed by atoms with Crippen LogP contribution in [0.2, 0.25) is 0 Å². The van der Waals surface area contributed by atoms with Crippen LogP contribution in [0.25, 0.3) is 11.1 Å². The lowest BCUT2D eigenvalue weighted by Gasteiger charge is -2.45. The molecule has 2 aliphatic heterocycles. The van der Waals surface area contributed by atoms with Gasteiger partial charge in [0.15, 0.2) is 81.6 Å². The molecule has 0 amide bonds. The van der Waals surface area contributed by atoms with Crippen LogP contribution in [0.4, 0.5) is 0 Å². The summed E-state index contributed by atoms with van der Waals surface area (Å²) in [4.78, 5) is 69.2. The van der Waals surface area contributed by atoms with Gasteiger partial charge in [0.1, 0.15) is 41.6 Å². The Kier molecular flexibility index (Phi) is 11.3. The van der Waals surface area contributed by atoms with Crippen LogP contribution < -0.4 is 0 Å². The molecule has 5 aromatic carbocycles. The highest BCUT2D eigenvalue weighted by atomic mass is 16.7. The first kappa shape index (κ1) is 45.6. The van der Waals surface area contributed by atoms with Crippen LogP contribution >= 0.6 is 0 Å². The van der Waals surface area contributed by atoms with E-state index in [2.05, 4.69) is 0 Å². The zero-order valence-electron chi connectivity index (χ0n) is 33.4. The SMILES string of the molecule is CC(=O)c1c(O)cc(O)c(C2OC3COC(=O)c4cc(O)c(O)c(O)c4-c4c(cc(O)c(O)c4O)C(=O)OC3C(OC(=O)c3cc(O)c(O)c(O)c3)C2OC(=O)c2cc(O)c(O)c(O)c2)c1O. The lowest BCUT2D eigenvalue weighted by atomic mass is 9.88. The highest BCUT2D eigenvalue weighted by molar-refractivity contribution is 6.08. The van der Waals surface area contributed by atoms with Gasteiger partial charge in [-0.05, 0) is 43.3 Å². The topological polar surface area (TPSA) is 435 Å². The smallest absolute Gasteiger partial charge is 0.339 e. The molecule has 0 spiro atoms. The second-order valence-corrected chi connectivity index (χ2v) is 14.7. The van der Waals surface area contributed by atoms with Crippen molar-refractivity contribution in [2.45, 2.75) is 37.4 Å². The molecule has 25 nitrogen and oxygen atoms in total. The molecule has 25 heteroatoms. The van der Waals surface area contributed by atoms with E-state index in [-0.39, 0.29) is 0 Å². The van der Waals surface area contributed by atoms with E-state index in [9.17, 15) is 101 Å². The fraction of sp³-hybridized carbons (Fsp3) is 0.167. The number of fused-ring (bicyclic) bond motifs is 4. The normalized spacial score (nSPS) is 19.0. The number of benzene rings is 5. The van der Waals surface area contributed by atoms with E-state index in [1.807, 2.05) is 0 Å². The number of hydrogen-bond donors (Lipinski definition) is 15. The predicted octanol–water partition coefficient (Wildman–Crippen LogP) is 2.43. The summed E-state index contributed by atoms with van der Waals surface area (Å²) in [5.41, 5.74) is -7.73. The van der Waals surface area contributed by atoms with E-state index in [0.29, 0.717) is 42.5 Å². The number of ether oxygens (including phenoxy) is 5. The van der Waals surface area contributed by atoms with Gasteiger partial charge in [0, 0.05) is 17.2 Å². The van der Waals surface area contributed by atoms with Crippen LogP contribution in [0.3, 0.4) is 0 Å². The van der Waals surface area contributed by atoms with Gasteiger partial charge in [-0.3, -0.25) is 4.79 Å². The first-order chi connectivity index (χ1) is 31.4. The molecule has 0 saturated carbocycles. The van der Waals surface area contributed by atoms with E-state index < -0.39 is 198 Å². The Morgan fingerprint density at radius 3 is 1.40 bits per heavy atom. The molecule has 15 N–H and O–H groups in total. The van der Waals surface area contributed by atoms with Crippen LogP contribution in [0.5, 0.6) is 86.2 Å². The largest absolute Gasteiger partial charge is 0.507 e. The van der Waals surface area contributed by atoms with E-state index in [0.717, 1.165) is 6.92 Å². The molecule has 0 aromatic heterocycles. The maximum atomic E-state index is 14.5. The summed E-state index contributed by atoms with van der Waals surface area (Å²) in [6.45, 7) is -0.409. The molecule has 67 heavy (non-hydrogen) atoms. The van der Waals surface area contributed by atoms with Crippen molar-refractivity contribution in [1.29, 1.82) is 0 Å². The Morgan fingerprint density at radius 1 is 0.507 bits per heavy atom. The van der Waals surface area contributed by atoms with Gasteiger partial charge in [-0.2, -0.15) is 0 Å². The zero-order valence-corrected chi connectivity index (χ0v) is 33.4. The third-order valence-electron chi connectivity index (χ3n) is 10.5. The number of phenols is 15. The average Bonchev–Trinajstić information content (AvgIpc) is 3.27. The Balaban J connectivity index is 1.51. The average molecular weight is 937 g/mol. The summed E-state index contributed by atoms with van der Waals surface area (Å²) in [7, 11) is 0. The summed E-state index contributed by atoms with van der Waals surface area (Å²) < 4.78 is 28.6. The minimum atomic E-state index is -2.54. The van der Waals surface area contributed by atoms with Crippen molar-refractivity contribution in [1.82, 2.24) is 0 Å². The molecule has 7 rings (SSSR count). The molecule has 0 aliphatic carbocycles. The summed E-state index contributed by atoms with van der Waals surface area (Å²) in [6, 6.07) is 3.57. The van der Waals surface area contributed by atoms with E-state index >= 15 is 0 Å². The zero-order chi connectivity index (χ0) is 49.2. The van der Waals surface area contributed by atoms with E-state index in [1.54, 1.807) is 0 Å². The molecule has 5 atom stereocenters. The van der Waals surface area contributed by atoms with Gasteiger partial charge in [0.05, 0.1) is 27.8 Å². The first-order valence-corrected chi connectivity index (χ1v) is 18.7.